The summed E-state index contributed by atoms with van der Waals surface area (Å²) >= 11 is 0.944. The van der Waals surface area contributed by atoms with Crippen molar-refractivity contribution in [2.45, 2.75) is 20.3 Å². The van der Waals surface area contributed by atoms with Crippen LogP contribution >= 0.6 is 11.3 Å². The van der Waals surface area contributed by atoms with Crippen molar-refractivity contribution in [1.82, 2.24) is 20.0 Å². The number of nitrogens with zero attached hydrogens (tertiary/aromatic N) is 4. The molecule has 0 fully saturated rings. The Morgan fingerprint density at radius 2 is 1.81 bits per heavy atom. The van der Waals surface area contributed by atoms with E-state index < -0.39 is 10.0 Å². The van der Waals surface area contributed by atoms with Crippen molar-refractivity contribution in [2.24, 2.45) is 0 Å². The van der Waals surface area contributed by atoms with Gasteiger partial charge in [-0.25, -0.2) is 13.1 Å². The van der Waals surface area contributed by atoms with Crippen molar-refractivity contribution in [3.8, 4) is 5.69 Å². The minimum absolute atomic E-state index is 0.0945. The van der Waals surface area contributed by atoms with E-state index in [1.165, 1.54) is 0 Å². The second-order valence-electron chi connectivity index (χ2n) is 5.91. The number of carbonyl (C=O) groups is 1. The highest BCUT2D eigenvalue weighted by atomic mass is 32.2. The Kier molecular flexibility index (Phi) is 5.24. The molecule has 2 heterocycles. The van der Waals surface area contributed by atoms with Gasteiger partial charge in [-0.2, -0.15) is 5.10 Å². The number of nitrogens with one attached hydrogen (secondary N) is 2. The van der Waals surface area contributed by atoms with Crippen LogP contribution in [0.2, 0.25) is 0 Å². The van der Waals surface area contributed by atoms with Crippen molar-refractivity contribution in [3.63, 3.8) is 0 Å². The van der Waals surface area contributed by atoms with E-state index in [-0.39, 0.29) is 22.6 Å². The van der Waals surface area contributed by atoms with Crippen molar-refractivity contribution in [2.75, 3.05) is 16.3 Å². The second kappa shape index (κ2) is 7.45. The Morgan fingerprint density at radius 1 is 1.15 bits per heavy atom. The van der Waals surface area contributed by atoms with E-state index in [1.807, 2.05) is 44.2 Å². The van der Waals surface area contributed by atoms with E-state index in [0.717, 1.165) is 40.2 Å². The fourth-order valence-corrected chi connectivity index (χ4v) is 4.04. The van der Waals surface area contributed by atoms with Gasteiger partial charge in [-0.15, -0.1) is 10.2 Å². The number of aromatic nitrogens is 4. The summed E-state index contributed by atoms with van der Waals surface area (Å²) in [4.78, 5) is 12.4. The van der Waals surface area contributed by atoms with Gasteiger partial charge in [0.15, 0.2) is 0 Å². The lowest BCUT2D eigenvalue weighted by atomic mass is 10.1. The number of carbonyl (C=O) groups excluding carboxylic acids is 1. The molecule has 0 bridgehead atoms. The number of anilines is 2. The van der Waals surface area contributed by atoms with Gasteiger partial charge in [0.2, 0.25) is 26.2 Å². The zero-order chi connectivity index (χ0) is 19.6. The lowest BCUT2D eigenvalue weighted by molar-refractivity contribution is -0.115. The highest BCUT2D eigenvalue weighted by molar-refractivity contribution is 7.92. The first-order valence-corrected chi connectivity index (χ1v) is 10.7. The molecule has 1 aromatic carbocycles. The normalized spacial score (nSPS) is 11.4. The number of rotatable bonds is 6. The predicted octanol–water partition coefficient (Wildman–Crippen LogP) is 1.89. The lowest BCUT2D eigenvalue weighted by Crippen LogP contribution is -2.15. The zero-order valence-electron chi connectivity index (χ0n) is 14.9. The van der Waals surface area contributed by atoms with Gasteiger partial charge < -0.3 is 5.32 Å². The molecular weight excluding hydrogens is 388 g/mol. The maximum atomic E-state index is 12.4. The van der Waals surface area contributed by atoms with Crippen LogP contribution in [0.25, 0.3) is 5.69 Å². The molecule has 3 rings (SSSR count). The molecule has 2 N–H and O–H groups in total. The summed E-state index contributed by atoms with van der Waals surface area (Å²) in [5.74, 6) is -0.282. The third-order valence-corrected chi connectivity index (χ3v) is 5.17. The van der Waals surface area contributed by atoms with E-state index >= 15 is 0 Å². The molecule has 1 amide bonds. The first-order valence-electron chi connectivity index (χ1n) is 7.94. The first kappa shape index (κ1) is 19.0. The molecule has 0 atom stereocenters. The molecule has 0 radical (unpaired) electrons. The highest BCUT2D eigenvalue weighted by Gasteiger charge is 2.17. The van der Waals surface area contributed by atoms with E-state index in [4.69, 9.17) is 0 Å². The maximum absolute atomic E-state index is 12.4. The molecular formula is C16H18N6O3S2. The molecule has 0 aliphatic rings. The quantitative estimate of drug-likeness (QED) is 0.645. The standard InChI is InChI=1S/C16H18N6O3S2/c1-10-13(11(2)22(20-10)12-7-5-4-6-8-12)9-14(23)17-15-18-19-16(26-15)21-27(3,24)25/h4-8H,9H2,1-3H3,(H,19,21)(H,17,18,23). The lowest BCUT2D eigenvalue weighted by Gasteiger charge is -2.05. The summed E-state index contributed by atoms with van der Waals surface area (Å²) in [6, 6.07) is 9.67. The Morgan fingerprint density at radius 3 is 2.48 bits per heavy atom. The molecule has 9 nitrogen and oxygen atoms in total. The minimum Gasteiger partial charge on any atom is -0.300 e. The smallest absolute Gasteiger partial charge is 0.231 e. The van der Waals surface area contributed by atoms with Crippen molar-refractivity contribution >= 4 is 37.5 Å². The number of sulfonamides is 1. The third-order valence-electron chi connectivity index (χ3n) is 3.72. The van der Waals surface area contributed by atoms with Gasteiger partial charge >= 0.3 is 0 Å². The molecule has 0 spiro atoms. The van der Waals surface area contributed by atoms with Gasteiger partial charge in [0.25, 0.3) is 0 Å². The van der Waals surface area contributed by atoms with Crippen LogP contribution < -0.4 is 10.0 Å². The highest BCUT2D eigenvalue weighted by Crippen LogP contribution is 2.22. The van der Waals surface area contributed by atoms with Crippen LogP contribution in [-0.4, -0.2) is 40.6 Å². The van der Waals surface area contributed by atoms with Gasteiger partial charge in [0, 0.05) is 11.3 Å². The predicted molar refractivity (Wildman–Crippen MR) is 104 cm³/mol. The number of hydrogen-bond donors (Lipinski definition) is 2. The molecule has 0 saturated heterocycles. The van der Waals surface area contributed by atoms with Gasteiger partial charge in [-0.1, -0.05) is 29.5 Å². The van der Waals surface area contributed by atoms with E-state index in [1.54, 1.807) is 4.68 Å². The average Bonchev–Trinajstić information content (AvgIpc) is 3.13. The Bertz CT molecular complexity index is 1070. The minimum atomic E-state index is -3.44. The van der Waals surface area contributed by atoms with Crippen molar-refractivity contribution in [1.29, 1.82) is 0 Å². The Hall–Kier alpha value is -2.79. The van der Waals surface area contributed by atoms with E-state index in [9.17, 15) is 13.2 Å². The van der Waals surface area contributed by atoms with Gasteiger partial charge in [-0.3, -0.25) is 9.52 Å². The maximum Gasteiger partial charge on any atom is 0.231 e. The van der Waals surface area contributed by atoms with Crippen molar-refractivity contribution in [3.05, 3.63) is 47.3 Å². The number of benzene rings is 1. The number of para-hydroxylation sites is 1. The molecule has 27 heavy (non-hydrogen) atoms. The summed E-state index contributed by atoms with van der Waals surface area (Å²) in [6.45, 7) is 3.77. The number of aryl methyl sites for hydroxylation is 1. The largest absolute Gasteiger partial charge is 0.300 e. The van der Waals surface area contributed by atoms with Crippen LogP contribution in [0.1, 0.15) is 17.0 Å². The van der Waals surface area contributed by atoms with Gasteiger partial charge in [-0.05, 0) is 26.0 Å². The van der Waals surface area contributed by atoms with Crippen molar-refractivity contribution < 1.29 is 13.2 Å². The Balaban J connectivity index is 1.73. The van der Waals surface area contributed by atoms with Gasteiger partial charge in [0.1, 0.15) is 0 Å². The topological polar surface area (TPSA) is 119 Å². The molecule has 0 aliphatic carbocycles. The summed E-state index contributed by atoms with van der Waals surface area (Å²) in [5.41, 5.74) is 3.40. The summed E-state index contributed by atoms with van der Waals surface area (Å²) in [7, 11) is -3.44. The van der Waals surface area contributed by atoms with Crippen LogP contribution in [-0.2, 0) is 21.2 Å². The molecule has 11 heteroatoms. The fourth-order valence-electron chi connectivity index (χ4n) is 2.55. The first-order chi connectivity index (χ1) is 12.7. The molecule has 0 saturated carbocycles. The van der Waals surface area contributed by atoms with Crippen LogP contribution in [0.15, 0.2) is 30.3 Å². The monoisotopic (exact) mass is 406 g/mol. The second-order valence-corrected chi connectivity index (χ2v) is 8.63. The molecule has 142 valence electrons. The van der Waals surface area contributed by atoms with Crippen LogP contribution in [0.3, 0.4) is 0 Å². The summed E-state index contributed by atoms with van der Waals surface area (Å²) < 4.78 is 26.4. The fraction of sp³-hybridized carbons (Fsp3) is 0.250. The van der Waals surface area contributed by atoms with Crippen LogP contribution in [0.4, 0.5) is 10.3 Å². The van der Waals surface area contributed by atoms with Crippen LogP contribution in [0, 0.1) is 13.8 Å². The number of amides is 1. The zero-order valence-corrected chi connectivity index (χ0v) is 16.6. The SMILES string of the molecule is Cc1nn(-c2ccccc2)c(C)c1CC(=O)Nc1nnc(NS(C)(=O)=O)s1. The number of hydrogen-bond acceptors (Lipinski definition) is 7. The molecule has 3 aromatic rings. The van der Waals surface area contributed by atoms with E-state index in [0.29, 0.717) is 0 Å². The van der Waals surface area contributed by atoms with Crippen LogP contribution in [0.5, 0.6) is 0 Å². The van der Waals surface area contributed by atoms with E-state index in [2.05, 4.69) is 25.3 Å². The molecule has 0 unspecified atom stereocenters. The Labute approximate surface area is 160 Å². The summed E-state index contributed by atoms with van der Waals surface area (Å²) in [6.07, 6.45) is 1.14. The molecule has 2 aromatic heterocycles. The summed E-state index contributed by atoms with van der Waals surface area (Å²) in [5, 5.41) is 14.9. The molecule has 0 aliphatic heterocycles. The average molecular weight is 406 g/mol. The van der Waals surface area contributed by atoms with Gasteiger partial charge in [0.05, 0.1) is 24.1 Å². The third kappa shape index (κ3) is 4.68.